The number of hydrogen-bond acceptors (Lipinski definition) is 4. The van der Waals surface area contributed by atoms with E-state index in [1.165, 1.54) is 5.56 Å². The van der Waals surface area contributed by atoms with E-state index in [2.05, 4.69) is 29.7 Å². The Balaban J connectivity index is 2.08. The van der Waals surface area contributed by atoms with E-state index in [-0.39, 0.29) is 6.54 Å². The number of benzene rings is 2. The molecule has 7 heteroatoms. The van der Waals surface area contributed by atoms with Gasteiger partial charge in [-0.05, 0) is 35.2 Å². The molecule has 0 aliphatic heterocycles. The van der Waals surface area contributed by atoms with Gasteiger partial charge in [0.2, 0.25) is 0 Å². The first-order valence-corrected chi connectivity index (χ1v) is 8.61. The summed E-state index contributed by atoms with van der Waals surface area (Å²) in [5, 5.41) is 13.8. The van der Waals surface area contributed by atoms with Crippen molar-refractivity contribution in [2.75, 3.05) is 13.2 Å². The number of hydrogen-bond donors (Lipinski definition) is 4. The van der Waals surface area contributed by atoms with Gasteiger partial charge in [-0.2, -0.15) is 0 Å². The number of ketones is 1. The van der Waals surface area contributed by atoms with E-state index in [1.807, 2.05) is 24.3 Å². The molecule has 5 N–H and O–H groups in total. The summed E-state index contributed by atoms with van der Waals surface area (Å²) >= 11 is 0. The van der Waals surface area contributed by atoms with Gasteiger partial charge < -0.3 is 21.5 Å². The summed E-state index contributed by atoms with van der Waals surface area (Å²) in [4.78, 5) is 34.9. The van der Waals surface area contributed by atoms with Crippen LogP contribution in [0.1, 0.15) is 22.8 Å². The number of rotatable bonds is 8. The first kappa shape index (κ1) is 20.1. The molecule has 0 radical (unpaired) electrons. The third kappa shape index (κ3) is 5.65. The standard InChI is InChI=1S/C20H23N3O4/c1-2-13-3-5-14(6-4-13)15-7-9-16(10-8-15)19(26)23-17(18(25)12-24)11-22-20(21)27/h3-10,17,24H,2,11-12H2,1H3,(H,23,26)(H3,21,22,27)/t17-/m0/s1. The number of urea groups is 1. The van der Waals surface area contributed by atoms with Gasteiger partial charge >= 0.3 is 6.03 Å². The molecule has 0 aliphatic carbocycles. The third-order valence-electron chi connectivity index (χ3n) is 4.17. The number of nitrogens with one attached hydrogen (secondary N) is 2. The molecule has 2 aromatic rings. The number of aliphatic hydroxyl groups is 1. The fraction of sp³-hybridized carbons (Fsp3) is 0.250. The molecule has 0 unspecified atom stereocenters. The highest BCUT2D eigenvalue weighted by Crippen LogP contribution is 2.20. The molecule has 3 amide bonds. The van der Waals surface area contributed by atoms with Crippen LogP contribution in [0.2, 0.25) is 0 Å². The molecule has 0 saturated heterocycles. The quantitative estimate of drug-likeness (QED) is 0.559. The Kier molecular flexibility index (Phi) is 7.08. The number of Topliss-reactive ketones (excluding diaryl/α,β-unsaturated/α-hetero) is 1. The van der Waals surface area contributed by atoms with Gasteiger partial charge in [-0.3, -0.25) is 9.59 Å². The Bertz CT molecular complexity index is 801. The summed E-state index contributed by atoms with van der Waals surface area (Å²) in [7, 11) is 0. The predicted molar refractivity (Wildman–Crippen MR) is 102 cm³/mol. The number of nitrogens with two attached hydrogens (primary N) is 1. The van der Waals surface area contributed by atoms with Crippen LogP contribution in [0.15, 0.2) is 48.5 Å². The predicted octanol–water partition coefficient (Wildman–Crippen LogP) is 1.24. The number of aliphatic hydroxyl groups excluding tert-OH is 1. The molecular weight excluding hydrogens is 346 g/mol. The highest BCUT2D eigenvalue weighted by Gasteiger charge is 2.21. The summed E-state index contributed by atoms with van der Waals surface area (Å²) in [6.45, 7) is 1.15. The lowest BCUT2D eigenvalue weighted by Gasteiger charge is -2.17. The van der Waals surface area contributed by atoms with Gasteiger partial charge in [0.15, 0.2) is 5.78 Å². The monoisotopic (exact) mass is 369 g/mol. The Morgan fingerprint density at radius 1 is 1.00 bits per heavy atom. The second-order valence-corrected chi connectivity index (χ2v) is 6.02. The zero-order valence-corrected chi connectivity index (χ0v) is 15.1. The van der Waals surface area contributed by atoms with Crippen molar-refractivity contribution in [1.82, 2.24) is 10.6 Å². The molecule has 0 spiro atoms. The van der Waals surface area contributed by atoms with Gasteiger partial charge in [0.1, 0.15) is 12.6 Å². The van der Waals surface area contributed by atoms with E-state index < -0.39 is 30.4 Å². The van der Waals surface area contributed by atoms with Crippen molar-refractivity contribution in [3.05, 3.63) is 59.7 Å². The molecule has 2 rings (SSSR count). The largest absolute Gasteiger partial charge is 0.388 e. The van der Waals surface area contributed by atoms with Crippen LogP contribution in [0.25, 0.3) is 11.1 Å². The molecule has 2 aromatic carbocycles. The first-order valence-electron chi connectivity index (χ1n) is 8.61. The fourth-order valence-corrected chi connectivity index (χ4v) is 2.55. The Morgan fingerprint density at radius 3 is 2.04 bits per heavy atom. The van der Waals surface area contributed by atoms with Gasteiger partial charge in [0.25, 0.3) is 5.91 Å². The lowest BCUT2D eigenvalue weighted by atomic mass is 10.0. The average Bonchev–Trinajstić information content (AvgIpc) is 2.70. The Labute approximate surface area is 157 Å². The summed E-state index contributed by atoms with van der Waals surface area (Å²) in [6.07, 6.45) is 0.970. The molecule has 27 heavy (non-hydrogen) atoms. The maximum Gasteiger partial charge on any atom is 0.312 e. The molecule has 0 aliphatic rings. The first-order chi connectivity index (χ1) is 12.9. The van der Waals surface area contributed by atoms with E-state index >= 15 is 0 Å². The summed E-state index contributed by atoms with van der Waals surface area (Å²) in [5.41, 5.74) is 8.59. The lowest BCUT2D eigenvalue weighted by Crippen LogP contribution is -2.50. The van der Waals surface area contributed by atoms with Crippen molar-refractivity contribution in [3.63, 3.8) is 0 Å². The second kappa shape index (κ2) is 9.49. The van der Waals surface area contributed by atoms with E-state index in [4.69, 9.17) is 10.8 Å². The van der Waals surface area contributed by atoms with Crippen LogP contribution < -0.4 is 16.4 Å². The molecule has 0 aromatic heterocycles. The molecule has 1 atom stereocenters. The highest BCUT2D eigenvalue weighted by molar-refractivity contribution is 5.98. The van der Waals surface area contributed by atoms with Gasteiger partial charge in [-0.1, -0.05) is 43.3 Å². The molecule has 7 nitrogen and oxygen atoms in total. The minimum Gasteiger partial charge on any atom is -0.388 e. The van der Waals surface area contributed by atoms with Crippen LogP contribution in [0.3, 0.4) is 0 Å². The second-order valence-electron chi connectivity index (χ2n) is 6.02. The minimum absolute atomic E-state index is 0.192. The van der Waals surface area contributed by atoms with Crippen molar-refractivity contribution < 1.29 is 19.5 Å². The molecule has 0 fully saturated rings. The smallest absolute Gasteiger partial charge is 0.312 e. The van der Waals surface area contributed by atoms with Crippen LogP contribution in [-0.2, 0) is 11.2 Å². The van der Waals surface area contributed by atoms with Crippen LogP contribution >= 0.6 is 0 Å². The van der Waals surface area contributed by atoms with Gasteiger partial charge in [-0.15, -0.1) is 0 Å². The molecule has 0 bridgehead atoms. The summed E-state index contributed by atoms with van der Waals surface area (Å²) < 4.78 is 0. The van der Waals surface area contributed by atoms with Crippen molar-refractivity contribution >= 4 is 17.7 Å². The number of carbonyl (C=O) groups excluding carboxylic acids is 3. The van der Waals surface area contributed by atoms with Crippen LogP contribution in [-0.4, -0.2) is 42.0 Å². The Hall–Kier alpha value is -3.19. The number of amides is 3. The number of aryl methyl sites for hydroxylation is 1. The molecule has 0 saturated carbocycles. The van der Waals surface area contributed by atoms with Gasteiger partial charge in [0, 0.05) is 12.1 Å². The van der Waals surface area contributed by atoms with E-state index in [0.29, 0.717) is 5.56 Å². The summed E-state index contributed by atoms with van der Waals surface area (Å²) in [6, 6.07) is 13.2. The SMILES string of the molecule is CCc1ccc(-c2ccc(C(=O)N[C@@H](CNC(N)=O)C(=O)CO)cc2)cc1. The number of carbonyl (C=O) groups is 3. The zero-order valence-electron chi connectivity index (χ0n) is 15.1. The van der Waals surface area contributed by atoms with Crippen molar-refractivity contribution in [2.24, 2.45) is 5.73 Å². The molecular formula is C20H23N3O4. The van der Waals surface area contributed by atoms with E-state index in [1.54, 1.807) is 12.1 Å². The van der Waals surface area contributed by atoms with E-state index in [0.717, 1.165) is 17.5 Å². The number of primary amides is 1. The van der Waals surface area contributed by atoms with E-state index in [9.17, 15) is 14.4 Å². The fourth-order valence-electron chi connectivity index (χ4n) is 2.55. The highest BCUT2D eigenvalue weighted by atomic mass is 16.3. The minimum atomic E-state index is -1.06. The molecule has 0 heterocycles. The van der Waals surface area contributed by atoms with Gasteiger partial charge in [0.05, 0.1) is 0 Å². The summed E-state index contributed by atoms with van der Waals surface area (Å²) in [5.74, 6) is -1.11. The van der Waals surface area contributed by atoms with Crippen molar-refractivity contribution in [2.45, 2.75) is 19.4 Å². The Morgan fingerprint density at radius 2 is 1.56 bits per heavy atom. The van der Waals surface area contributed by atoms with Gasteiger partial charge in [-0.25, -0.2) is 4.79 Å². The maximum atomic E-state index is 12.4. The molecule has 142 valence electrons. The van der Waals surface area contributed by atoms with Crippen LogP contribution in [0.5, 0.6) is 0 Å². The normalized spacial score (nSPS) is 11.5. The van der Waals surface area contributed by atoms with Crippen molar-refractivity contribution in [3.8, 4) is 11.1 Å². The van der Waals surface area contributed by atoms with Crippen LogP contribution in [0, 0.1) is 0 Å². The zero-order chi connectivity index (χ0) is 19.8. The topological polar surface area (TPSA) is 122 Å². The maximum absolute atomic E-state index is 12.4. The average molecular weight is 369 g/mol. The van der Waals surface area contributed by atoms with Crippen molar-refractivity contribution in [1.29, 1.82) is 0 Å². The third-order valence-corrected chi connectivity index (χ3v) is 4.17. The lowest BCUT2D eigenvalue weighted by molar-refractivity contribution is -0.123. The van der Waals surface area contributed by atoms with Crippen LogP contribution in [0.4, 0.5) is 4.79 Å².